The van der Waals surface area contributed by atoms with Crippen molar-refractivity contribution in [1.82, 2.24) is 15.1 Å². The van der Waals surface area contributed by atoms with E-state index in [0.717, 1.165) is 5.56 Å². The highest BCUT2D eigenvalue weighted by molar-refractivity contribution is 6.01. The van der Waals surface area contributed by atoms with Crippen LogP contribution in [0.25, 0.3) is 6.08 Å². The number of ether oxygens (including phenoxy) is 2. The van der Waals surface area contributed by atoms with Crippen molar-refractivity contribution in [1.29, 1.82) is 5.26 Å². The number of methoxy groups -OCH3 is 2. The molecule has 0 aliphatic heterocycles. The zero-order valence-electron chi connectivity index (χ0n) is 14.4. The first-order valence-electron chi connectivity index (χ1n) is 7.67. The van der Waals surface area contributed by atoms with Gasteiger partial charge in [0.05, 0.1) is 20.4 Å². The quantitative estimate of drug-likeness (QED) is 0.612. The number of carbonyl (C=O) groups excluding carboxylic acids is 1. The summed E-state index contributed by atoms with van der Waals surface area (Å²) in [6.45, 7) is 0.403. The molecule has 0 radical (unpaired) electrons. The molecule has 130 valence electrons. The van der Waals surface area contributed by atoms with Crippen molar-refractivity contribution in [3.05, 3.63) is 47.3 Å². The fraction of sp³-hybridized carbons (Fsp3) is 0.278. The van der Waals surface area contributed by atoms with Crippen LogP contribution in [-0.2, 0) is 18.3 Å². The molecule has 25 heavy (non-hydrogen) atoms. The molecule has 2 aromatic rings. The van der Waals surface area contributed by atoms with Crippen molar-refractivity contribution >= 4 is 12.0 Å². The first-order chi connectivity index (χ1) is 12.1. The van der Waals surface area contributed by atoms with Gasteiger partial charge in [-0.05, 0) is 30.2 Å². The third-order valence-electron chi connectivity index (χ3n) is 3.55. The lowest BCUT2D eigenvalue weighted by Gasteiger charge is -2.10. The van der Waals surface area contributed by atoms with Crippen LogP contribution in [0.3, 0.4) is 0 Å². The van der Waals surface area contributed by atoms with E-state index in [1.165, 1.54) is 6.08 Å². The van der Waals surface area contributed by atoms with Gasteiger partial charge in [-0.2, -0.15) is 10.4 Å². The second-order valence-electron chi connectivity index (χ2n) is 5.31. The molecule has 0 saturated carbocycles. The SMILES string of the molecule is COc1ccc(CCNC(=O)/C(C#N)=C\c2cnn(C)c2)cc1OC. The number of nitrogens with one attached hydrogen (secondary N) is 1. The normalized spacial score (nSPS) is 10.9. The van der Waals surface area contributed by atoms with E-state index in [2.05, 4.69) is 10.4 Å². The highest BCUT2D eigenvalue weighted by Gasteiger charge is 2.10. The van der Waals surface area contributed by atoms with Crippen molar-refractivity contribution in [2.45, 2.75) is 6.42 Å². The van der Waals surface area contributed by atoms with Crippen molar-refractivity contribution < 1.29 is 14.3 Å². The maximum absolute atomic E-state index is 12.1. The number of nitrogens with zero attached hydrogens (tertiary/aromatic N) is 3. The Morgan fingerprint density at radius 1 is 1.36 bits per heavy atom. The molecule has 0 aliphatic carbocycles. The van der Waals surface area contributed by atoms with Crippen LogP contribution in [0.4, 0.5) is 0 Å². The van der Waals surface area contributed by atoms with Gasteiger partial charge in [-0.15, -0.1) is 0 Å². The van der Waals surface area contributed by atoms with Gasteiger partial charge in [0.2, 0.25) is 0 Å². The summed E-state index contributed by atoms with van der Waals surface area (Å²) in [4.78, 5) is 12.1. The minimum Gasteiger partial charge on any atom is -0.493 e. The Morgan fingerprint density at radius 2 is 2.12 bits per heavy atom. The Kier molecular flexibility index (Phi) is 6.18. The number of hydrogen-bond acceptors (Lipinski definition) is 5. The molecule has 1 aromatic carbocycles. The molecule has 0 spiro atoms. The molecule has 1 aromatic heterocycles. The molecule has 0 bridgehead atoms. The van der Waals surface area contributed by atoms with Gasteiger partial charge in [-0.3, -0.25) is 9.48 Å². The fourth-order valence-electron chi connectivity index (χ4n) is 2.28. The van der Waals surface area contributed by atoms with Gasteiger partial charge in [-0.1, -0.05) is 6.07 Å². The average molecular weight is 340 g/mol. The Labute approximate surface area is 146 Å². The van der Waals surface area contributed by atoms with Gasteiger partial charge in [0.1, 0.15) is 11.6 Å². The number of carbonyl (C=O) groups is 1. The van der Waals surface area contributed by atoms with Crippen molar-refractivity contribution in [3.63, 3.8) is 0 Å². The Hall–Kier alpha value is -3.27. The number of aryl methyl sites for hydroxylation is 1. The molecule has 0 aliphatic rings. The smallest absolute Gasteiger partial charge is 0.261 e. The lowest BCUT2D eigenvalue weighted by molar-refractivity contribution is -0.117. The molecule has 0 fully saturated rings. The second-order valence-corrected chi connectivity index (χ2v) is 5.31. The number of rotatable bonds is 7. The van der Waals surface area contributed by atoms with E-state index in [0.29, 0.717) is 30.0 Å². The molecule has 2 rings (SSSR count). The van der Waals surface area contributed by atoms with E-state index >= 15 is 0 Å². The summed E-state index contributed by atoms with van der Waals surface area (Å²) in [5.41, 5.74) is 1.74. The summed E-state index contributed by atoms with van der Waals surface area (Å²) >= 11 is 0. The van der Waals surface area contributed by atoms with Crippen molar-refractivity contribution in [2.75, 3.05) is 20.8 Å². The van der Waals surface area contributed by atoms with Gasteiger partial charge >= 0.3 is 0 Å². The van der Waals surface area contributed by atoms with Crippen LogP contribution in [0.2, 0.25) is 0 Å². The summed E-state index contributed by atoms with van der Waals surface area (Å²) in [7, 11) is 4.92. The standard InChI is InChI=1S/C18H20N4O3/c1-22-12-14(11-21-22)8-15(10-19)18(23)20-7-6-13-4-5-16(24-2)17(9-13)25-3/h4-5,8-9,11-12H,6-7H2,1-3H3,(H,20,23)/b15-8-. The van der Waals surface area contributed by atoms with E-state index in [4.69, 9.17) is 9.47 Å². The Balaban J connectivity index is 1.95. The molecular formula is C18H20N4O3. The molecule has 1 N–H and O–H groups in total. The molecule has 7 nitrogen and oxygen atoms in total. The summed E-state index contributed by atoms with van der Waals surface area (Å²) in [5.74, 6) is 0.883. The number of hydrogen-bond donors (Lipinski definition) is 1. The summed E-state index contributed by atoms with van der Waals surface area (Å²) in [6, 6.07) is 7.51. The molecule has 1 amide bonds. The molecule has 7 heteroatoms. The third kappa shape index (κ3) is 4.85. The maximum atomic E-state index is 12.1. The topological polar surface area (TPSA) is 89.2 Å². The predicted octanol–water partition coefficient (Wildman–Crippen LogP) is 1.70. The number of amides is 1. The highest BCUT2D eigenvalue weighted by atomic mass is 16.5. The Bertz CT molecular complexity index is 818. The van der Waals surface area contributed by atoms with Gasteiger partial charge < -0.3 is 14.8 Å². The van der Waals surface area contributed by atoms with Crippen LogP contribution in [-0.4, -0.2) is 36.5 Å². The van der Waals surface area contributed by atoms with Gasteiger partial charge in [-0.25, -0.2) is 0 Å². The molecule has 1 heterocycles. The van der Waals surface area contributed by atoms with Gasteiger partial charge in [0, 0.05) is 25.4 Å². The van der Waals surface area contributed by atoms with Crippen LogP contribution in [0.5, 0.6) is 11.5 Å². The monoisotopic (exact) mass is 340 g/mol. The largest absolute Gasteiger partial charge is 0.493 e. The lowest BCUT2D eigenvalue weighted by atomic mass is 10.1. The molecular weight excluding hydrogens is 320 g/mol. The third-order valence-corrected chi connectivity index (χ3v) is 3.55. The predicted molar refractivity (Wildman–Crippen MR) is 93.1 cm³/mol. The fourth-order valence-corrected chi connectivity index (χ4v) is 2.28. The van der Waals surface area contributed by atoms with Gasteiger partial charge in [0.15, 0.2) is 11.5 Å². The molecule has 0 atom stereocenters. The number of nitriles is 1. The first kappa shape index (κ1) is 18.1. The molecule has 0 saturated heterocycles. The average Bonchev–Trinajstić information content (AvgIpc) is 3.04. The highest BCUT2D eigenvalue weighted by Crippen LogP contribution is 2.27. The van der Waals surface area contributed by atoms with E-state index in [9.17, 15) is 10.1 Å². The summed E-state index contributed by atoms with van der Waals surface area (Å²) < 4.78 is 12.1. The summed E-state index contributed by atoms with van der Waals surface area (Å²) in [6.07, 6.45) is 5.44. The minimum absolute atomic E-state index is 0.0420. The van der Waals surface area contributed by atoms with Crippen LogP contribution >= 0.6 is 0 Å². The summed E-state index contributed by atoms with van der Waals surface area (Å²) in [5, 5.41) is 15.9. The lowest BCUT2D eigenvalue weighted by Crippen LogP contribution is -2.26. The molecule has 0 unspecified atom stereocenters. The van der Waals surface area contributed by atoms with E-state index < -0.39 is 5.91 Å². The van der Waals surface area contributed by atoms with Crippen LogP contribution in [0.1, 0.15) is 11.1 Å². The maximum Gasteiger partial charge on any atom is 0.261 e. The van der Waals surface area contributed by atoms with Crippen LogP contribution in [0.15, 0.2) is 36.2 Å². The number of aromatic nitrogens is 2. The van der Waals surface area contributed by atoms with Crippen LogP contribution in [0, 0.1) is 11.3 Å². The first-order valence-corrected chi connectivity index (χ1v) is 7.67. The van der Waals surface area contributed by atoms with E-state index in [1.807, 2.05) is 24.3 Å². The zero-order valence-corrected chi connectivity index (χ0v) is 14.4. The number of benzene rings is 1. The van der Waals surface area contributed by atoms with Crippen molar-refractivity contribution in [2.24, 2.45) is 7.05 Å². The second kappa shape index (κ2) is 8.55. The Morgan fingerprint density at radius 3 is 2.72 bits per heavy atom. The zero-order chi connectivity index (χ0) is 18.2. The van der Waals surface area contributed by atoms with E-state index in [1.54, 1.807) is 38.3 Å². The van der Waals surface area contributed by atoms with Crippen LogP contribution < -0.4 is 14.8 Å². The minimum atomic E-state index is -0.410. The van der Waals surface area contributed by atoms with Gasteiger partial charge in [0.25, 0.3) is 5.91 Å². The van der Waals surface area contributed by atoms with Crippen molar-refractivity contribution in [3.8, 4) is 17.6 Å². The van der Waals surface area contributed by atoms with E-state index in [-0.39, 0.29) is 5.57 Å².